The van der Waals surface area contributed by atoms with Gasteiger partial charge in [0.25, 0.3) is 0 Å². The molecule has 3 heteroatoms. The van der Waals surface area contributed by atoms with Crippen LogP contribution in [-0.4, -0.2) is 11.6 Å². The fraction of sp³-hybridized carbons (Fsp3) is 0.588. The van der Waals surface area contributed by atoms with E-state index < -0.39 is 0 Å². The minimum absolute atomic E-state index is 0.0708. The predicted octanol–water partition coefficient (Wildman–Crippen LogP) is 3.49. The van der Waals surface area contributed by atoms with Crippen molar-refractivity contribution in [1.82, 2.24) is 5.32 Å². The molecular weight excluding hydrogens is 250 g/mol. The quantitative estimate of drug-likeness (QED) is 0.914. The van der Waals surface area contributed by atoms with Gasteiger partial charge in [0.15, 0.2) is 0 Å². The number of nitrogens with one attached hydrogen (secondary N) is 1. The Bertz CT molecular complexity index is 499. The van der Waals surface area contributed by atoms with Crippen LogP contribution in [0, 0.1) is 17.8 Å². The molecule has 0 radical (unpaired) electrons. The Morgan fingerprint density at radius 2 is 1.85 bits per heavy atom. The number of carbonyl (C=O) groups excluding carboxylic acids is 1. The second-order valence-electron chi connectivity index (χ2n) is 6.89. The molecule has 106 valence electrons. The van der Waals surface area contributed by atoms with Crippen molar-refractivity contribution in [2.24, 2.45) is 17.8 Å². The summed E-state index contributed by atoms with van der Waals surface area (Å²) in [4.78, 5) is 12.1. The van der Waals surface area contributed by atoms with Crippen LogP contribution in [0.25, 0.3) is 0 Å². The van der Waals surface area contributed by atoms with Crippen LogP contribution >= 0.6 is 0 Å². The monoisotopic (exact) mass is 271 g/mol. The summed E-state index contributed by atoms with van der Waals surface area (Å²) < 4.78 is 5.39. The Morgan fingerprint density at radius 1 is 1.15 bits per heavy atom. The third-order valence-electron chi connectivity index (χ3n) is 5.55. The molecule has 2 unspecified atom stereocenters. The third-order valence-corrected chi connectivity index (χ3v) is 5.55. The van der Waals surface area contributed by atoms with Gasteiger partial charge in [0, 0.05) is 5.54 Å². The van der Waals surface area contributed by atoms with Gasteiger partial charge in [0.2, 0.25) is 0 Å². The maximum Gasteiger partial charge on any atom is 0.407 e. The first-order valence-electron chi connectivity index (χ1n) is 7.72. The summed E-state index contributed by atoms with van der Waals surface area (Å²) in [5.41, 5.74) is 1.11. The van der Waals surface area contributed by atoms with E-state index in [4.69, 9.17) is 4.74 Å². The number of ether oxygens (including phenoxy) is 1. The largest absolute Gasteiger partial charge is 0.445 e. The standard InChI is InChI=1S/C17H21NO2/c19-16(20-11-12-4-2-1-3-5-12)18-17-9-13-6-14(10-17)8-15(17)7-13/h1-5,13-15H,6-11H2,(H,18,19). The summed E-state index contributed by atoms with van der Waals surface area (Å²) in [5.74, 6) is 2.40. The zero-order chi connectivity index (χ0) is 13.6. The molecule has 3 nitrogen and oxygen atoms in total. The van der Waals surface area contributed by atoms with Gasteiger partial charge in [-0.1, -0.05) is 30.3 Å². The van der Waals surface area contributed by atoms with E-state index in [1.807, 2.05) is 30.3 Å². The number of hydrogen-bond donors (Lipinski definition) is 1. The Kier molecular flexibility index (Phi) is 2.76. The molecule has 0 aromatic heterocycles. The minimum Gasteiger partial charge on any atom is -0.445 e. The minimum atomic E-state index is -0.234. The summed E-state index contributed by atoms with van der Waals surface area (Å²) in [6, 6.07) is 9.86. The Morgan fingerprint density at radius 3 is 2.55 bits per heavy atom. The second kappa shape index (κ2) is 4.51. The first kappa shape index (κ1) is 12.2. The van der Waals surface area contributed by atoms with E-state index in [0.717, 1.165) is 17.4 Å². The molecule has 5 rings (SSSR count). The average molecular weight is 271 g/mol. The molecular formula is C17H21NO2. The highest BCUT2D eigenvalue weighted by Crippen LogP contribution is 2.60. The summed E-state index contributed by atoms with van der Waals surface area (Å²) in [7, 11) is 0. The lowest BCUT2D eigenvalue weighted by Gasteiger charge is -2.33. The van der Waals surface area contributed by atoms with E-state index in [1.54, 1.807) is 0 Å². The van der Waals surface area contributed by atoms with Gasteiger partial charge in [0.1, 0.15) is 6.61 Å². The lowest BCUT2D eigenvalue weighted by atomic mass is 9.80. The van der Waals surface area contributed by atoms with Crippen molar-refractivity contribution < 1.29 is 9.53 Å². The molecule has 0 spiro atoms. The fourth-order valence-corrected chi connectivity index (χ4v) is 4.96. The van der Waals surface area contributed by atoms with Gasteiger partial charge < -0.3 is 10.1 Å². The molecule has 0 heterocycles. The van der Waals surface area contributed by atoms with Gasteiger partial charge >= 0.3 is 6.09 Å². The normalized spacial score (nSPS) is 37.1. The first-order valence-corrected chi connectivity index (χ1v) is 7.72. The maximum atomic E-state index is 12.1. The molecule has 1 aromatic carbocycles. The van der Waals surface area contributed by atoms with Crippen molar-refractivity contribution in [3.05, 3.63) is 35.9 Å². The van der Waals surface area contributed by atoms with E-state index >= 15 is 0 Å². The molecule has 4 aliphatic rings. The predicted molar refractivity (Wildman–Crippen MR) is 76.0 cm³/mol. The van der Waals surface area contributed by atoms with Crippen molar-refractivity contribution in [2.75, 3.05) is 0 Å². The van der Waals surface area contributed by atoms with Gasteiger partial charge in [-0.3, -0.25) is 0 Å². The summed E-state index contributed by atoms with van der Waals surface area (Å²) in [6.45, 7) is 0.361. The van der Waals surface area contributed by atoms with Gasteiger partial charge in [0.05, 0.1) is 0 Å². The number of amides is 1. The lowest BCUT2D eigenvalue weighted by molar-refractivity contribution is 0.119. The SMILES string of the molecule is O=C(NC12CC3CC(CC1C3)C2)OCc1ccccc1. The van der Waals surface area contributed by atoms with E-state index in [-0.39, 0.29) is 11.6 Å². The fourth-order valence-electron chi connectivity index (χ4n) is 4.96. The lowest BCUT2D eigenvalue weighted by Crippen LogP contribution is -2.49. The Balaban J connectivity index is 1.37. The average Bonchev–Trinajstić information content (AvgIpc) is 2.82. The van der Waals surface area contributed by atoms with Crippen LogP contribution in [0.2, 0.25) is 0 Å². The van der Waals surface area contributed by atoms with Crippen LogP contribution in [0.3, 0.4) is 0 Å². The Labute approximate surface area is 119 Å². The molecule has 1 aromatic rings. The van der Waals surface area contributed by atoms with Gasteiger partial charge in [-0.2, -0.15) is 0 Å². The molecule has 4 aliphatic carbocycles. The highest BCUT2D eigenvalue weighted by molar-refractivity contribution is 5.68. The van der Waals surface area contributed by atoms with E-state index in [1.165, 1.54) is 32.1 Å². The van der Waals surface area contributed by atoms with Crippen LogP contribution in [0.15, 0.2) is 30.3 Å². The summed E-state index contributed by atoms with van der Waals surface area (Å²) in [5, 5.41) is 3.22. The Hall–Kier alpha value is -1.51. The van der Waals surface area contributed by atoms with Crippen molar-refractivity contribution in [2.45, 2.75) is 44.2 Å². The number of rotatable bonds is 3. The molecule has 20 heavy (non-hydrogen) atoms. The third kappa shape index (κ3) is 2.00. The van der Waals surface area contributed by atoms with Crippen LogP contribution < -0.4 is 5.32 Å². The van der Waals surface area contributed by atoms with Crippen molar-refractivity contribution in [3.8, 4) is 0 Å². The molecule has 4 fully saturated rings. The van der Waals surface area contributed by atoms with Gasteiger partial charge in [-0.25, -0.2) is 4.79 Å². The van der Waals surface area contributed by atoms with Crippen LogP contribution in [0.1, 0.15) is 37.7 Å². The van der Waals surface area contributed by atoms with Crippen molar-refractivity contribution in [3.63, 3.8) is 0 Å². The van der Waals surface area contributed by atoms with E-state index in [2.05, 4.69) is 5.32 Å². The summed E-state index contributed by atoms with van der Waals surface area (Å²) in [6.07, 6.45) is 6.13. The maximum absolute atomic E-state index is 12.1. The molecule has 4 saturated carbocycles. The second-order valence-corrected chi connectivity index (χ2v) is 6.89. The molecule has 1 N–H and O–H groups in total. The van der Waals surface area contributed by atoms with Crippen molar-refractivity contribution >= 4 is 6.09 Å². The number of carbonyl (C=O) groups is 1. The number of hydrogen-bond acceptors (Lipinski definition) is 2. The summed E-state index contributed by atoms with van der Waals surface area (Å²) >= 11 is 0. The smallest absolute Gasteiger partial charge is 0.407 e. The number of alkyl carbamates (subject to hydrolysis) is 1. The number of benzene rings is 1. The van der Waals surface area contributed by atoms with Gasteiger partial charge in [-0.05, 0) is 55.4 Å². The van der Waals surface area contributed by atoms with Gasteiger partial charge in [-0.15, -0.1) is 0 Å². The zero-order valence-corrected chi connectivity index (χ0v) is 11.7. The molecule has 0 aliphatic heterocycles. The topological polar surface area (TPSA) is 38.3 Å². The van der Waals surface area contributed by atoms with E-state index in [0.29, 0.717) is 12.5 Å². The molecule has 0 saturated heterocycles. The van der Waals surface area contributed by atoms with E-state index in [9.17, 15) is 4.79 Å². The molecule has 2 atom stereocenters. The zero-order valence-electron chi connectivity index (χ0n) is 11.7. The molecule has 1 amide bonds. The highest BCUT2D eigenvalue weighted by atomic mass is 16.5. The van der Waals surface area contributed by atoms with Crippen LogP contribution in [-0.2, 0) is 11.3 Å². The first-order chi connectivity index (χ1) is 9.73. The molecule has 4 bridgehead atoms. The van der Waals surface area contributed by atoms with Crippen molar-refractivity contribution in [1.29, 1.82) is 0 Å². The van der Waals surface area contributed by atoms with Crippen LogP contribution in [0.4, 0.5) is 4.79 Å². The van der Waals surface area contributed by atoms with Crippen LogP contribution in [0.5, 0.6) is 0 Å². The highest BCUT2D eigenvalue weighted by Gasteiger charge is 2.58.